The third-order valence-corrected chi connectivity index (χ3v) is 12.1. The molecular weight excluding hydrogens is 731 g/mol. The van der Waals surface area contributed by atoms with Crippen LogP contribution in [0.25, 0.3) is 0 Å². The monoisotopic (exact) mass is 832 g/mol. The van der Waals surface area contributed by atoms with Gasteiger partial charge >= 0.3 is 5.97 Å². The Hall–Kier alpha value is -1.66. The highest BCUT2D eigenvalue weighted by Crippen LogP contribution is 2.18. The van der Waals surface area contributed by atoms with Crippen molar-refractivity contribution in [2.75, 3.05) is 6.61 Å². The minimum absolute atomic E-state index is 0.0771. The molecule has 1 amide bonds. The molecule has 6 nitrogen and oxygen atoms in total. The Labute approximate surface area is 367 Å². The first-order chi connectivity index (χ1) is 29.0. The smallest absolute Gasteiger partial charge is 0.306 e. The molecule has 0 spiro atoms. The maximum atomic E-state index is 13.2. The number of carbonyl (C=O) groups excluding carboxylic acids is 2. The Kier molecular flexibility index (Phi) is 46.1. The van der Waals surface area contributed by atoms with Crippen LogP contribution < -0.4 is 5.32 Å². The van der Waals surface area contributed by atoms with E-state index in [2.05, 4.69) is 50.4 Å². The summed E-state index contributed by atoms with van der Waals surface area (Å²) in [7, 11) is 0. The molecule has 0 rings (SSSR count). The maximum absolute atomic E-state index is 13.2. The number of amides is 1. The molecule has 0 saturated heterocycles. The van der Waals surface area contributed by atoms with Crippen LogP contribution in [0.4, 0.5) is 0 Å². The van der Waals surface area contributed by atoms with Crippen LogP contribution in [-0.2, 0) is 14.3 Å². The first-order valence-corrected chi connectivity index (χ1v) is 26.1. The van der Waals surface area contributed by atoms with Crippen molar-refractivity contribution < 1.29 is 24.5 Å². The second-order valence-corrected chi connectivity index (χ2v) is 18.0. The normalized spacial score (nSPS) is 13.4. The highest BCUT2D eigenvalue weighted by molar-refractivity contribution is 5.77. The standard InChI is InChI=1S/C53H101NO5/c1-4-7-10-13-16-19-21-23-25-26-28-29-31-33-36-39-42-45-51(56)50(48-55)54-52(57)47-49(44-41-38-35-18-15-12-9-6-3)59-53(58)46-43-40-37-34-32-30-27-24-22-20-17-14-11-8-5-2/h17,20,22,24,49-51,55-56H,4-16,18-19,21,23,25-48H2,1-3H3,(H,54,57)/b20-17+,24-22+. The topological polar surface area (TPSA) is 95.9 Å². The predicted molar refractivity (Wildman–Crippen MR) is 255 cm³/mol. The number of rotatable bonds is 47. The molecule has 0 radical (unpaired) electrons. The first kappa shape index (κ1) is 57.3. The van der Waals surface area contributed by atoms with Crippen LogP contribution in [0.1, 0.15) is 278 Å². The SMILES string of the molecule is CCCCC/C=C/C=C/CCCCCCCCC(=O)OC(CCCCCCCCCC)CC(=O)NC(CO)C(O)CCCCCCCCCCCCCCCCCCC. The van der Waals surface area contributed by atoms with Gasteiger partial charge in [0.15, 0.2) is 0 Å². The van der Waals surface area contributed by atoms with Gasteiger partial charge in [0.05, 0.1) is 25.2 Å². The van der Waals surface area contributed by atoms with Gasteiger partial charge in [-0.05, 0) is 51.4 Å². The van der Waals surface area contributed by atoms with E-state index < -0.39 is 18.2 Å². The lowest BCUT2D eigenvalue weighted by atomic mass is 10.0. The van der Waals surface area contributed by atoms with Crippen LogP contribution in [-0.4, -0.2) is 46.9 Å². The summed E-state index contributed by atoms with van der Waals surface area (Å²) >= 11 is 0. The molecule has 3 unspecified atom stereocenters. The summed E-state index contributed by atoms with van der Waals surface area (Å²) < 4.78 is 5.90. The molecule has 0 aliphatic heterocycles. The lowest BCUT2D eigenvalue weighted by Crippen LogP contribution is -2.46. The fourth-order valence-electron chi connectivity index (χ4n) is 8.07. The van der Waals surface area contributed by atoms with E-state index in [1.54, 1.807) is 0 Å². The highest BCUT2D eigenvalue weighted by Gasteiger charge is 2.24. The van der Waals surface area contributed by atoms with Gasteiger partial charge in [0, 0.05) is 6.42 Å². The molecule has 0 aliphatic rings. The van der Waals surface area contributed by atoms with Crippen LogP contribution >= 0.6 is 0 Å². The summed E-state index contributed by atoms with van der Waals surface area (Å²) in [5, 5.41) is 23.8. The summed E-state index contributed by atoms with van der Waals surface area (Å²) in [6.07, 6.45) is 53.9. The summed E-state index contributed by atoms with van der Waals surface area (Å²) in [6.45, 7) is 6.45. The van der Waals surface area contributed by atoms with E-state index in [1.165, 1.54) is 180 Å². The molecule has 0 bridgehead atoms. The maximum Gasteiger partial charge on any atom is 0.306 e. The second-order valence-electron chi connectivity index (χ2n) is 18.0. The molecular formula is C53H101NO5. The Bertz CT molecular complexity index is 935. The molecule has 3 atom stereocenters. The van der Waals surface area contributed by atoms with Crippen molar-refractivity contribution in [2.45, 2.75) is 296 Å². The number of hydrogen-bond donors (Lipinski definition) is 3. The molecule has 6 heteroatoms. The fourth-order valence-corrected chi connectivity index (χ4v) is 8.07. The molecule has 3 N–H and O–H groups in total. The van der Waals surface area contributed by atoms with Crippen LogP contribution in [0.5, 0.6) is 0 Å². The van der Waals surface area contributed by atoms with Gasteiger partial charge in [-0.3, -0.25) is 9.59 Å². The number of ether oxygens (including phenoxy) is 1. The minimum Gasteiger partial charge on any atom is -0.462 e. The summed E-state index contributed by atoms with van der Waals surface area (Å²) in [5.74, 6) is -0.478. The van der Waals surface area contributed by atoms with Crippen molar-refractivity contribution in [3.05, 3.63) is 24.3 Å². The van der Waals surface area contributed by atoms with Gasteiger partial charge in [-0.2, -0.15) is 0 Å². The van der Waals surface area contributed by atoms with E-state index >= 15 is 0 Å². The number of allylic oxidation sites excluding steroid dienone is 4. The fraction of sp³-hybridized carbons (Fsp3) is 0.887. The van der Waals surface area contributed by atoms with E-state index in [1.807, 2.05) is 0 Å². The van der Waals surface area contributed by atoms with Crippen molar-refractivity contribution >= 4 is 11.9 Å². The number of hydrogen-bond acceptors (Lipinski definition) is 5. The molecule has 0 saturated carbocycles. The Balaban J connectivity index is 4.37. The number of aliphatic hydroxyl groups excluding tert-OH is 2. The van der Waals surface area contributed by atoms with E-state index in [0.29, 0.717) is 19.3 Å². The average molecular weight is 832 g/mol. The van der Waals surface area contributed by atoms with E-state index in [-0.39, 0.29) is 24.9 Å². The molecule has 0 aromatic heterocycles. The molecule has 0 aromatic carbocycles. The van der Waals surface area contributed by atoms with Crippen molar-refractivity contribution in [1.82, 2.24) is 5.32 Å². The highest BCUT2D eigenvalue weighted by atomic mass is 16.5. The molecule has 0 fully saturated rings. The Morgan fingerprint density at radius 2 is 0.847 bits per heavy atom. The van der Waals surface area contributed by atoms with Gasteiger partial charge in [0.1, 0.15) is 6.10 Å². The number of carbonyl (C=O) groups is 2. The predicted octanol–water partition coefficient (Wildman–Crippen LogP) is 15.5. The molecule has 0 aromatic rings. The second kappa shape index (κ2) is 47.4. The number of nitrogens with one attached hydrogen (secondary N) is 1. The number of aliphatic hydroxyl groups is 2. The van der Waals surface area contributed by atoms with Gasteiger partial charge in [-0.15, -0.1) is 0 Å². The average Bonchev–Trinajstić information content (AvgIpc) is 3.23. The molecule has 59 heavy (non-hydrogen) atoms. The van der Waals surface area contributed by atoms with Gasteiger partial charge in [0.2, 0.25) is 5.91 Å². The molecule has 0 aliphatic carbocycles. The van der Waals surface area contributed by atoms with Crippen LogP contribution in [0.15, 0.2) is 24.3 Å². The van der Waals surface area contributed by atoms with Gasteiger partial charge in [-0.25, -0.2) is 0 Å². The number of esters is 1. The number of unbranched alkanes of at least 4 members (excludes halogenated alkanes) is 32. The Morgan fingerprint density at radius 1 is 0.492 bits per heavy atom. The van der Waals surface area contributed by atoms with Crippen molar-refractivity contribution in [2.24, 2.45) is 0 Å². The van der Waals surface area contributed by atoms with Gasteiger partial charge in [0.25, 0.3) is 0 Å². The minimum atomic E-state index is -0.785. The lowest BCUT2D eigenvalue weighted by Gasteiger charge is -2.24. The zero-order valence-corrected chi connectivity index (χ0v) is 39.7. The van der Waals surface area contributed by atoms with Crippen LogP contribution in [0.3, 0.4) is 0 Å². The third-order valence-electron chi connectivity index (χ3n) is 12.1. The van der Waals surface area contributed by atoms with Crippen molar-refractivity contribution in [1.29, 1.82) is 0 Å². The summed E-state index contributed by atoms with van der Waals surface area (Å²) in [5.41, 5.74) is 0. The van der Waals surface area contributed by atoms with Gasteiger partial charge < -0.3 is 20.3 Å². The molecule has 348 valence electrons. The van der Waals surface area contributed by atoms with E-state index in [9.17, 15) is 19.8 Å². The zero-order valence-electron chi connectivity index (χ0n) is 39.7. The molecule has 0 heterocycles. The van der Waals surface area contributed by atoms with E-state index in [0.717, 1.165) is 51.4 Å². The van der Waals surface area contributed by atoms with E-state index in [4.69, 9.17) is 4.74 Å². The Morgan fingerprint density at radius 3 is 1.29 bits per heavy atom. The lowest BCUT2D eigenvalue weighted by molar-refractivity contribution is -0.151. The third kappa shape index (κ3) is 42.8. The largest absolute Gasteiger partial charge is 0.462 e. The van der Waals surface area contributed by atoms with Crippen LogP contribution in [0.2, 0.25) is 0 Å². The van der Waals surface area contributed by atoms with Crippen molar-refractivity contribution in [3.63, 3.8) is 0 Å². The van der Waals surface area contributed by atoms with Crippen molar-refractivity contribution in [3.8, 4) is 0 Å². The first-order valence-electron chi connectivity index (χ1n) is 26.1. The zero-order chi connectivity index (χ0) is 43.1. The quantitative estimate of drug-likeness (QED) is 0.0322. The van der Waals surface area contributed by atoms with Gasteiger partial charge in [-0.1, -0.05) is 238 Å². The summed E-state index contributed by atoms with van der Waals surface area (Å²) in [6, 6.07) is -0.698. The van der Waals surface area contributed by atoms with Crippen LogP contribution in [0, 0.1) is 0 Å². The summed E-state index contributed by atoms with van der Waals surface area (Å²) in [4.78, 5) is 26.0.